The molecule has 0 spiro atoms. The van der Waals surface area contributed by atoms with E-state index in [1.165, 1.54) is 0 Å². The lowest BCUT2D eigenvalue weighted by Crippen LogP contribution is -2.12. The van der Waals surface area contributed by atoms with Crippen LogP contribution in [0.5, 0.6) is 5.75 Å². The third-order valence-corrected chi connectivity index (χ3v) is 2.78. The molecule has 0 aromatic heterocycles. The Morgan fingerprint density at radius 1 is 1.33 bits per heavy atom. The number of hydrogen-bond donors (Lipinski definition) is 0. The highest BCUT2D eigenvalue weighted by atomic mass is 79.9. The molecule has 1 rings (SSSR count). The van der Waals surface area contributed by atoms with Crippen LogP contribution in [0.25, 0.3) is 0 Å². The van der Waals surface area contributed by atoms with Gasteiger partial charge >= 0.3 is 0 Å². The fourth-order valence-corrected chi connectivity index (χ4v) is 1.74. The average Bonchev–Trinajstić information content (AvgIpc) is 2.19. The molecule has 0 bridgehead atoms. The number of aryl methyl sites for hydroxylation is 2. The predicted octanol–water partition coefficient (Wildman–Crippen LogP) is 3.28. The number of carbonyl (C=O) groups is 1. The fourth-order valence-electron chi connectivity index (χ4n) is 1.49. The highest BCUT2D eigenvalue weighted by molar-refractivity contribution is 9.10. The first-order valence-electron chi connectivity index (χ1n) is 4.81. The lowest BCUT2D eigenvalue weighted by Gasteiger charge is -2.11. The summed E-state index contributed by atoms with van der Waals surface area (Å²) in [5.74, 6) is 0.935. The van der Waals surface area contributed by atoms with Gasteiger partial charge in [-0.3, -0.25) is 4.79 Å². The summed E-state index contributed by atoms with van der Waals surface area (Å²) < 4.78 is 5.20. The van der Waals surface area contributed by atoms with Gasteiger partial charge in [0.15, 0.2) is 5.78 Å². The van der Waals surface area contributed by atoms with E-state index in [-0.39, 0.29) is 10.6 Å². The summed E-state index contributed by atoms with van der Waals surface area (Å²) in [5, 5.41) is 0. The van der Waals surface area contributed by atoms with E-state index in [1.54, 1.807) is 7.11 Å². The summed E-state index contributed by atoms with van der Waals surface area (Å²) in [4.78, 5) is 11.7. The van der Waals surface area contributed by atoms with Crippen LogP contribution in [0.1, 0.15) is 28.4 Å². The first kappa shape index (κ1) is 12.2. The number of hydrogen-bond acceptors (Lipinski definition) is 2. The normalized spacial score (nSPS) is 12.3. The van der Waals surface area contributed by atoms with Gasteiger partial charge < -0.3 is 4.74 Å². The second-order valence-corrected chi connectivity index (χ2v) is 4.99. The van der Waals surface area contributed by atoms with Gasteiger partial charge in [0.2, 0.25) is 0 Å². The molecule has 2 nitrogen and oxygen atoms in total. The van der Waals surface area contributed by atoms with Crippen molar-refractivity contribution in [2.75, 3.05) is 7.11 Å². The minimum Gasteiger partial charge on any atom is -0.496 e. The van der Waals surface area contributed by atoms with Crippen molar-refractivity contribution in [2.45, 2.75) is 25.6 Å². The van der Waals surface area contributed by atoms with Crippen molar-refractivity contribution in [3.8, 4) is 5.75 Å². The quantitative estimate of drug-likeness (QED) is 0.623. The van der Waals surface area contributed by atoms with Gasteiger partial charge in [-0.1, -0.05) is 15.9 Å². The van der Waals surface area contributed by atoms with E-state index in [0.29, 0.717) is 0 Å². The predicted molar refractivity (Wildman–Crippen MR) is 65.2 cm³/mol. The van der Waals surface area contributed by atoms with Crippen LogP contribution >= 0.6 is 15.9 Å². The van der Waals surface area contributed by atoms with E-state index < -0.39 is 0 Å². The summed E-state index contributed by atoms with van der Waals surface area (Å²) >= 11 is 3.29. The molecule has 3 heteroatoms. The van der Waals surface area contributed by atoms with Crippen molar-refractivity contribution in [1.82, 2.24) is 0 Å². The zero-order valence-corrected chi connectivity index (χ0v) is 11.0. The van der Waals surface area contributed by atoms with E-state index in [2.05, 4.69) is 15.9 Å². The molecule has 1 atom stereocenters. The Balaban J connectivity index is 3.22. The molecule has 0 aliphatic carbocycles. The molecule has 0 heterocycles. The smallest absolute Gasteiger partial charge is 0.176 e. The number of carbonyl (C=O) groups excluding carboxylic acids is 1. The second-order valence-electron chi connectivity index (χ2n) is 3.62. The highest BCUT2D eigenvalue weighted by Gasteiger charge is 2.15. The maximum atomic E-state index is 11.8. The SMILES string of the molecule is COc1cc(C)c(C(=O)[C@@H](C)Br)cc1C. The first-order valence-corrected chi connectivity index (χ1v) is 5.72. The lowest BCUT2D eigenvalue weighted by molar-refractivity contribution is 0.0995. The molecule has 0 radical (unpaired) electrons. The molecular weight excluding hydrogens is 256 g/mol. The maximum Gasteiger partial charge on any atom is 0.176 e. The molecule has 0 fully saturated rings. The van der Waals surface area contributed by atoms with Crippen molar-refractivity contribution >= 4 is 21.7 Å². The lowest BCUT2D eigenvalue weighted by atomic mass is 10.00. The van der Waals surface area contributed by atoms with Crippen molar-refractivity contribution < 1.29 is 9.53 Å². The Kier molecular flexibility index (Phi) is 3.91. The van der Waals surface area contributed by atoms with Crippen LogP contribution in [0.4, 0.5) is 0 Å². The van der Waals surface area contributed by atoms with Crippen LogP contribution in [0.3, 0.4) is 0 Å². The van der Waals surface area contributed by atoms with Gasteiger partial charge in [-0.05, 0) is 44.0 Å². The molecule has 0 aliphatic rings. The van der Waals surface area contributed by atoms with Gasteiger partial charge in [0.1, 0.15) is 5.75 Å². The van der Waals surface area contributed by atoms with Crippen LogP contribution in [0, 0.1) is 13.8 Å². The molecule has 0 N–H and O–H groups in total. The second kappa shape index (κ2) is 4.79. The van der Waals surface area contributed by atoms with Crippen molar-refractivity contribution in [2.24, 2.45) is 0 Å². The number of halogens is 1. The fraction of sp³-hybridized carbons (Fsp3) is 0.417. The largest absolute Gasteiger partial charge is 0.496 e. The molecular formula is C12H15BrO2. The monoisotopic (exact) mass is 270 g/mol. The maximum absolute atomic E-state index is 11.8. The van der Waals surface area contributed by atoms with Crippen LogP contribution in [-0.4, -0.2) is 17.7 Å². The zero-order chi connectivity index (χ0) is 11.6. The summed E-state index contributed by atoms with van der Waals surface area (Å²) in [6, 6.07) is 3.78. The number of Topliss-reactive ketones (excluding diaryl/α,β-unsaturated/α-hetero) is 1. The number of methoxy groups -OCH3 is 1. The van der Waals surface area contributed by atoms with Gasteiger partial charge in [-0.15, -0.1) is 0 Å². The highest BCUT2D eigenvalue weighted by Crippen LogP contribution is 2.24. The first-order chi connectivity index (χ1) is 6.97. The number of rotatable bonds is 3. The third-order valence-electron chi connectivity index (χ3n) is 2.37. The van der Waals surface area contributed by atoms with E-state index >= 15 is 0 Å². The van der Waals surface area contributed by atoms with E-state index in [0.717, 1.165) is 22.4 Å². The number of ketones is 1. The molecule has 1 aromatic carbocycles. The van der Waals surface area contributed by atoms with Crippen LogP contribution in [0.15, 0.2) is 12.1 Å². The van der Waals surface area contributed by atoms with Crippen molar-refractivity contribution in [3.05, 3.63) is 28.8 Å². The summed E-state index contributed by atoms with van der Waals surface area (Å²) in [6.07, 6.45) is 0. The molecule has 0 aliphatic heterocycles. The Bertz CT molecular complexity index is 383. The zero-order valence-electron chi connectivity index (χ0n) is 9.43. The van der Waals surface area contributed by atoms with Crippen LogP contribution < -0.4 is 4.74 Å². The van der Waals surface area contributed by atoms with Gasteiger partial charge in [0.25, 0.3) is 0 Å². The van der Waals surface area contributed by atoms with Crippen molar-refractivity contribution in [3.63, 3.8) is 0 Å². The third kappa shape index (κ3) is 2.59. The van der Waals surface area contributed by atoms with E-state index in [9.17, 15) is 4.79 Å². The number of benzene rings is 1. The molecule has 0 saturated heterocycles. The summed E-state index contributed by atoms with van der Waals surface area (Å²) in [5.41, 5.74) is 2.70. The Morgan fingerprint density at radius 2 is 1.93 bits per heavy atom. The Hall–Kier alpha value is -0.830. The molecule has 1 aromatic rings. The number of ether oxygens (including phenoxy) is 1. The number of alkyl halides is 1. The molecule has 15 heavy (non-hydrogen) atoms. The Labute approximate surface area is 98.8 Å². The van der Waals surface area contributed by atoms with Gasteiger partial charge in [-0.2, -0.15) is 0 Å². The summed E-state index contributed by atoms with van der Waals surface area (Å²) in [6.45, 7) is 5.69. The average molecular weight is 271 g/mol. The minimum atomic E-state index is -0.149. The van der Waals surface area contributed by atoms with Crippen LogP contribution in [0.2, 0.25) is 0 Å². The molecule has 0 saturated carbocycles. The minimum absolute atomic E-state index is 0.109. The van der Waals surface area contributed by atoms with E-state index in [1.807, 2.05) is 32.9 Å². The van der Waals surface area contributed by atoms with Crippen molar-refractivity contribution in [1.29, 1.82) is 0 Å². The van der Waals surface area contributed by atoms with Crippen LogP contribution in [-0.2, 0) is 0 Å². The molecule has 0 unspecified atom stereocenters. The van der Waals surface area contributed by atoms with Gasteiger partial charge in [0, 0.05) is 5.56 Å². The standard InChI is InChI=1S/C12H15BrO2/c1-7-6-11(15-4)8(2)5-10(7)12(14)9(3)13/h5-6,9H,1-4H3/t9-/m1/s1. The molecule has 82 valence electrons. The van der Waals surface area contributed by atoms with E-state index in [4.69, 9.17) is 4.74 Å². The van der Waals surface area contributed by atoms with Gasteiger partial charge in [-0.25, -0.2) is 0 Å². The topological polar surface area (TPSA) is 26.3 Å². The van der Waals surface area contributed by atoms with Gasteiger partial charge in [0.05, 0.1) is 11.9 Å². The molecule has 0 amide bonds. The summed E-state index contributed by atoms with van der Waals surface area (Å²) in [7, 11) is 1.64. The Morgan fingerprint density at radius 3 is 2.40 bits per heavy atom.